The molecule has 5 heteroatoms. The Morgan fingerprint density at radius 1 is 1.24 bits per heavy atom. The molecule has 2 aliphatic rings. The van der Waals surface area contributed by atoms with E-state index >= 15 is 0 Å². The van der Waals surface area contributed by atoms with Crippen LogP contribution in [-0.4, -0.2) is 26.1 Å². The lowest BCUT2D eigenvalue weighted by Crippen LogP contribution is -2.05. The summed E-state index contributed by atoms with van der Waals surface area (Å²) in [5.41, 5.74) is 2.02. The third-order valence-corrected chi connectivity index (χ3v) is 3.60. The molecule has 0 saturated heterocycles. The van der Waals surface area contributed by atoms with Gasteiger partial charge in [0.25, 0.3) is 0 Å². The highest BCUT2D eigenvalue weighted by Gasteiger charge is 2.36. The topological polar surface area (TPSA) is 57.1 Å². The number of hydrogen-bond acceptors (Lipinski definition) is 5. The fraction of sp³-hybridized carbons (Fsp3) is 0.375. The summed E-state index contributed by atoms with van der Waals surface area (Å²) in [6.07, 6.45) is 3.76. The van der Waals surface area contributed by atoms with E-state index < -0.39 is 5.97 Å². The maximum atomic E-state index is 11.9. The molecule has 0 aromatic heterocycles. The quantitative estimate of drug-likeness (QED) is 0.631. The fourth-order valence-electron chi connectivity index (χ4n) is 2.26. The minimum atomic E-state index is -0.404. The maximum Gasteiger partial charge on any atom is 0.363 e. The summed E-state index contributed by atoms with van der Waals surface area (Å²) in [5.74, 6) is 1.86. The Balaban J connectivity index is 1.99. The summed E-state index contributed by atoms with van der Waals surface area (Å²) in [5, 5.41) is 0. The normalized spacial score (nSPS) is 19.5. The molecule has 5 nitrogen and oxygen atoms in total. The first kappa shape index (κ1) is 13.7. The predicted molar refractivity (Wildman–Crippen MR) is 78.5 cm³/mol. The molecule has 110 valence electrons. The molecule has 1 aromatic rings. The zero-order valence-electron chi connectivity index (χ0n) is 12.3. The SMILES string of the molecule is COc1cc(/C=C2/N=C(C3CC3)OC2=O)c(OC)cc1C. The van der Waals surface area contributed by atoms with Crippen LogP contribution in [0.1, 0.15) is 24.0 Å². The van der Waals surface area contributed by atoms with Crippen LogP contribution in [0.15, 0.2) is 22.8 Å². The second-order valence-corrected chi connectivity index (χ2v) is 5.21. The first-order valence-electron chi connectivity index (χ1n) is 6.87. The average Bonchev–Trinajstić information content (AvgIpc) is 3.26. The first-order chi connectivity index (χ1) is 10.1. The Hall–Kier alpha value is -2.30. The molecule has 21 heavy (non-hydrogen) atoms. The zero-order chi connectivity index (χ0) is 15.0. The van der Waals surface area contributed by atoms with Crippen molar-refractivity contribution in [3.63, 3.8) is 0 Å². The Bertz CT molecular complexity index is 656. The smallest absolute Gasteiger partial charge is 0.363 e. The van der Waals surface area contributed by atoms with E-state index in [9.17, 15) is 4.79 Å². The van der Waals surface area contributed by atoms with Gasteiger partial charge in [0.1, 0.15) is 11.5 Å². The van der Waals surface area contributed by atoms with Crippen molar-refractivity contribution >= 4 is 17.9 Å². The molecule has 0 atom stereocenters. The number of hydrogen-bond donors (Lipinski definition) is 0. The number of esters is 1. The van der Waals surface area contributed by atoms with Gasteiger partial charge >= 0.3 is 5.97 Å². The summed E-state index contributed by atoms with van der Waals surface area (Å²) in [7, 11) is 3.20. The van der Waals surface area contributed by atoms with Crippen LogP contribution in [0.25, 0.3) is 6.08 Å². The van der Waals surface area contributed by atoms with E-state index in [-0.39, 0.29) is 0 Å². The maximum absolute atomic E-state index is 11.9. The van der Waals surface area contributed by atoms with Crippen LogP contribution in [0.2, 0.25) is 0 Å². The molecule has 0 bridgehead atoms. The van der Waals surface area contributed by atoms with Gasteiger partial charge in [-0.05, 0) is 43.5 Å². The van der Waals surface area contributed by atoms with Gasteiger partial charge in [0.05, 0.1) is 14.2 Å². The first-order valence-corrected chi connectivity index (χ1v) is 6.87. The Kier molecular flexibility index (Phi) is 3.41. The standard InChI is InChI=1S/C16H17NO4/c1-9-6-14(20-3)11(8-13(9)19-2)7-12-16(18)21-15(17-12)10-4-5-10/h6-8,10H,4-5H2,1-3H3/b12-7+. The van der Waals surface area contributed by atoms with E-state index in [1.165, 1.54) is 0 Å². The number of aryl methyl sites for hydroxylation is 1. The molecule has 0 radical (unpaired) electrons. The van der Waals surface area contributed by atoms with E-state index in [0.717, 1.165) is 29.7 Å². The summed E-state index contributed by atoms with van der Waals surface area (Å²) >= 11 is 0. The number of cyclic esters (lactones) is 1. The van der Waals surface area contributed by atoms with Crippen LogP contribution in [0.5, 0.6) is 11.5 Å². The average molecular weight is 287 g/mol. The van der Waals surface area contributed by atoms with Crippen LogP contribution in [0, 0.1) is 12.8 Å². The predicted octanol–water partition coefficient (Wildman–Crippen LogP) is 2.72. The van der Waals surface area contributed by atoms with Crippen molar-refractivity contribution < 1.29 is 19.0 Å². The highest BCUT2D eigenvalue weighted by Crippen LogP contribution is 2.35. The lowest BCUT2D eigenvalue weighted by molar-refractivity contribution is -0.130. The molecule has 0 spiro atoms. The van der Waals surface area contributed by atoms with E-state index in [4.69, 9.17) is 14.2 Å². The Morgan fingerprint density at radius 3 is 2.57 bits per heavy atom. The molecule has 1 heterocycles. The van der Waals surface area contributed by atoms with Gasteiger partial charge in [-0.2, -0.15) is 0 Å². The third kappa shape index (κ3) is 2.63. The third-order valence-electron chi connectivity index (χ3n) is 3.60. The molecular weight excluding hydrogens is 270 g/mol. The van der Waals surface area contributed by atoms with Crippen molar-refractivity contribution in [1.82, 2.24) is 0 Å². The van der Waals surface area contributed by atoms with Gasteiger partial charge in [-0.15, -0.1) is 0 Å². The Morgan fingerprint density at radius 2 is 1.95 bits per heavy atom. The molecule has 3 rings (SSSR count). The van der Waals surface area contributed by atoms with Crippen LogP contribution < -0.4 is 9.47 Å². The van der Waals surface area contributed by atoms with Crippen LogP contribution in [-0.2, 0) is 9.53 Å². The lowest BCUT2D eigenvalue weighted by atomic mass is 10.1. The van der Waals surface area contributed by atoms with Gasteiger partial charge < -0.3 is 14.2 Å². The fourth-order valence-corrected chi connectivity index (χ4v) is 2.26. The van der Waals surface area contributed by atoms with Crippen molar-refractivity contribution in [2.24, 2.45) is 10.9 Å². The van der Waals surface area contributed by atoms with Gasteiger partial charge in [-0.1, -0.05) is 0 Å². The molecule has 1 aromatic carbocycles. The zero-order valence-corrected chi connectivity index (χ0v) is 12.3. The Labute approximate surface area is 123 Å². The van der Waals surface area contributed by atoms with Crippen molar-refractivity contribution in [3.05, 3.63) is 29.0 Å². The molecule has 0 unspecified atom stereocenters. The molecule has 1 aliphatic heterocycles. The highest BCUT2D eigenvalue weighted by atomic mass is 16.6. The summed E-state index contributed by atoms with van der Waals surface area (Å²) in [4.78, 5) is 16.2. The number of nitrogens with zero attached hydrogens (tertiary/aromatic N) is 1. The minimum absolute atomic E-state index is 0.307. The summed E-state index contributed by atoms with van der Waals surface area (Å²) in [6, 6.07) is 3.70. The second kappa shape index (κ2) is 5.24. The monoisotopic (exact) mass is 287 g/mol. The van der Waals surface area contributed by atoms with Crippen LogP contribution in [0.4, 0.5) is 0 Å². The van der Waals surface area contributed by atoms with Crippen molar-refractivity contribution in [1.29, 1.82) is 0 Å². The van der Waals surface area contributed by atoms with Crippen molar-refractivity contribution in [2.75, 3.05) is 14.2 Å². The van der Waals surface area contributed by atoms with E-state index in [2.05, 4.69) is 4.99 Å². The molecular formula is C16H17NO4. The molecule has 0 N–H and O–H groups in total. The van der Waals surface area contributed by atoms with Gasteiger partial charge in [0, 0.05) is 11.5 Å². The van der Waals surface area contributed by atoms with E-state index in [1.54, 1.807) is 20.3 Å². The molecule has 1 fully saturated rings. The number of ether oxygens (including phenoxy) is 3. The van der Waals surface area contributed by atoms with E-state index in [1.807, 2.05) is 19.1 Å². The van der Waals surface area contributed by atoms with Gasteiger partial charge in [-0.3, -0.25) is 0 Å². The number of benzene rings is 1. The van der Waals surface area contributed by atoms with Gasteiger partial charge in [-0.25, -0.2) is 9.79 Å². The lowest BCUT2D eigenvalue weighted by Gasteiger charge is -2.10. The van der Waals surface area contributed by atoms with Crippen molar-refractivity contribution in [3.8, 4) is 11.5 Å². The van der Waals surface area contributed by atoms with Gasteiger partial charge in [0.2, 0.25) is 5.90 Å². The second-order valence-electron chi connectivity index (χ2n) is 5.21. The van der Waals surface area contributed by atoms with Crippen molar-refractivity contribution in [2.45, 2.75) is 19.8 Å². The number of carbonyl (C=O) groups excluding carboxylic acids is 1. The van der Waals surface area contributed by atoms with Crippen LogP contribution in [0.3, 0.4) is 0 Å². The summed E-state index contributed by atoms with van der Waals surface area (Å²) in [6.45, 7) is 1.94. The highest BCUT2D eigenvalue weighted by molar-refractivity contribution is 6.08. The number of carbonyl (C=O) groups is 1. The number of aliphatic imine (C=N–C) groups is 1. The minimum Gasteiger partial charge on any atom is -0.496 e. The van der Waals surface area contributed by atoms with Gasteiger partial charge in [0.15, 0.2) is 5.70 Å². The summed E-state index contributed by atoms with van der Waals surface area (Å²) < 4.78 is 15.9. The molecule has 1 aliphatic carbocycles. The van der Waals surface area contributed by atoms with E-state index in [0.29, 0.717) is 23.3 Å². The number of methoxy groups -OCH3 is 2. The largest absolute Gasteiger partial charge is 0.496 e. The van der Waals surface area contributed by atoms with Crippen LogP contribution >= 0.6 is 0 Å². The molecule has 1 saturated carbocycles. The number of rotatable bonds is 4. The molecule has 0 amide bonds.